The number of anilines is 1. The molecule has 0 aromatic heterocycles. The maximum atomic E-state index is 12.9. The molecule has 186 valence electrons. The summed E-state index contributed by atoms with van der Waals surface area (Å²) in [6.07, 6.45) is 3.96. The zero-order chi connectivity index (χ0) is 24.4. The highest BCUT2D eigenvalue weighted by atomic mass is 32.2. The van der Waals surface area contributed by atoms with Gasteiger partial charge in [-0.3, -0.25) is 9.59 Å². The van der Waals surface area contributed by atoms with Gasteiger partial charge in [0.2, 0.25) is 5.91 Å². The summed E-state index contributed by atoms with van der Waals surface area (Å²) in [5.41, 5.74) is 3.67. The third kappa shape index (κ3) is 4.98. The van der Waals surface area contributed by atoms with Gasteiger partial charge in [-0.2, -0.15) is 17.0 Å². The van der Waals surface area contributed by atoms with E-state index in [9.17, 15) is 18.0 Å². The number of carbonyl (C=O) groups is 2. The number of nitrogens with zero attached hydrogens (tertiary/aromatic N) is 3. The summed E-state index contributed by atoms with van der Waals surface area (Å²) < 4.78 is 28.8. The molecule has 3 aliphatic rings. The number of rotatable bonds is 6. The first-order valence-corrected chi connectivity index (χ1v) is 13.8. The van der Waals surface area contributed by atoms with Crippen molar-refractivity contribution < 1.29 is 18.0 Å². The molecule has 0 saturated carbocycles. The maximum Gasteiger partial charge on any atom is 0.281 e. The van der Waals surface area contributed by atoms with Gasteiger partial charge in [-0.1, -0.05) is 30.3 Å². The van der Waals surface area contributed by atoms with E-state index in [2.05, 4.69) is 11.4 Å². The van der Waals surface area contributed by atoms with Gasteiger partial charge < -0.3 is 10.2 Å². The molecule has 9 heteroatoms. The quantitative estimate of drug-likeness (QED) is 0.666. The first-order chi connectivity index (χ1) is 16.9. The molecule has 2 amide bonds. The SMILES string of the molecule is O=C(NCc1ccc2c(c1)CCN2C(=O)c1ccccc1)C1CCCN(S(=O)(=O)N2CCCC2)C1. The minimum Gasteiger partial charge on any atom is -0.352 e. The first-order valence-electron chi connectivity index (χ1n) is 12.4. The number of benzene rings is 2. The third-order valence-electron chi connectivity index (χ3n) is 7.24. The second kappa shape index (κ2) is 10.1. The van der Waals surface area contributed by atoms with Crippen LogP contribution in [-0.4, -0.2) is 61.6 Å². The van der Waals surface area contributed by atoms with Crippen molar-refractivity contribution >= 4 is 27.7 Å². The lowest BCUT2D eigenvalue weighted by atomic mass is 9.98. The summed E-state index contributed by atoms with van der Waals surface area (Å²) in [6.45, 7) is 2.89. The summed E-state index contributed by atoms with van der Waals surface area (Å²) in [5.74, 6) is -0.446. The van der Waals surface area contributed by atoms with Crippen molar-refractivity contribution in [3.63, 3.8) is 0 Å². The van der Waals surface area contributed by atoms with Gasteiger partial charge in [0.1, 0.15) is 0 Å². The van der Waals surface area contributed by atoms with Crippen molar-refractivity contribution in [3.05, 3.63) is 65.2 Å². The third-order valence-corrected chi connectivity index (χ3v) is 9.25. The standard InChI is InChI=1S/C26H32N4O4S/c31-25(23-9-6-15-29(19-23)35(33,34)28-13-4-5-14-28)27-18-20-10-11-24-22(17-20)12-16-30(24)26(32)21-7-2-1-3-8-21/h1-3,7-8,10-11,17,23H,4-6,9,12-16,18-19H2,(H,27,31). The van der Waals surface area contributed by atoms with E-state index in [1.54, 1.807) is 4.31 Å². The second-order valence-corrected chi connectivity index (χ2v) is 11.5. The molecule has 35 heavy (non-hydrogen) atoms. The Morgan fingerprint density at radius 1 is 0.914 bits per heavy atom. The van der Waals surface area contributed by atoms with E-state index in [1.165, 1.54) is 4.31 Å². The molecular formula is C26H32N4O4S. The smallest absolute Gasteiger partial charge is 0.281 e. The number of hydrogen-bond donors (Lipinski definition) is 1. The van der Waals surface area contributed by atoms with E-state index in [0.717, 1.165) is 36.1 Å². The Hall–Kier alpha value is -2.75. The van der Waals surface area contributed by atoms with E-state index in [4.69, 9.17) is 0 Å². The molecule has 2 saturated heterocycles. The van der Waals surface area contributed by atoms with Crippen LogP contribution in [0.1, 0.15) is 47.2 Å². The van der Waals surface area contributed by atoms with Crippen molar-refractivity contribution in [2.45, 2.75) is 38.6 Å². The highest BCUT2D eigenvalue weighted by molar-refractivity contribution is 7.86. The summed E-state index contributed by atoms with van der Waals surface area (Å²) in [6, 6.07) is 15.2. The summed E-state index contributed by atoms with van der Waals surface area (Å²) >= 11 is 0. The molecule has 2 aromatic rings. The molecule has 2 aromatic carbocycles. The lowest BCUT2D eigenvalue weighted by molar-refractivity contribution is -0.126. The minimum absolute atomic E-state index is 0.00358. The average Bonchev–Trinajstić information content (AvgIpc) is 3.58. The van der Waals surface area contributed by atoms with Gasteiger partial charge in [-0.25, -0.2) is 0 Å². The molecule has 0 bridgehead atoms. The number of fused-ring (bicyclic) bond motifs is 1. The zero-order valence-electron chi connectivity index (χ0n) is 19.9. The Labute approximate surface area is 207 Å². The van der Waals surface area contributed by atoms with Crippen LogP contribution in [-0.2, 0) is 28.0 Å². The van der Waals surface area contributed by atoms with Crippen LogP contribution < -0.4 is 10.2 Å². The minimum atomic E-state index is -3.48. The van der Waals surface area contributed by atoms with Crippen molar-refractivity contribution in [2.75, 3.05) is 37.6 Å². The van der Waals surface area contributed by atoms with Crippen LogP contribution in [0.4, 0.5) is 5.69 Å². The Balaban J connectivity index is 1.19. The molecule has 1 unspecified atom stereocenters. The van der Waals surface area contributed by atoms with Gasteiger partial charge in [0.25, 0.3) is 16.1 Å². The summed E-state index contributed by atoms with van der Waals surface area (Å²) in [4.78, 5) is 27.6. The van der Waals surface area contributed by atoms with Gasteiger partial charge in [0.15, 0.2) is 0 Å². The topological polar surface area (TPSA) is 90.0 Å². The monoisotopic (exact) mass is 496 g/mol. The average molecular weight is 497 g/mol. The van der Waals surface area contributed by atoms with Crippen molar-refractivity contribution in [2.24, 2.45) is 5.92 Å². The lowest BCUT2D eigenvalue weighted by Gasteiger charge is -2.33. The number of nitrogens with one attached hydrogen (secondary N) is 1. The van der Waals surface area contributed by atoms with Crippen molar-refractivity contribution in [3.8, 4) is 0 Å². The summed E-state index contributed by atoms with van der Waals surface area (Å²) in [7, 11) is -3.48. The first kappa shape index (κ1) is 24.0. The normalized spacial score (nSPS) is 21.1. The van der Waals surface area contributed by atoms with Crippen LogP contribution in [0, 0.1) is 5.92 Å². The van der Waals surface area contributed by atoms with E-state index < -0.39 is 10.2 Å². The molecule has 0 aliphatic carbocycles. The van der Waals surface area contributed by atoms with Crippen molar-refractivity contribution in [1.29, 1.82) is 0 Å². The fourth-order valence-corrected chi connectivity index (χ4v) is 7.07. The van der Waals surface area contributed by atoms with Gasteiger partial charge in [0, 0.05) is 50.5 Å². The number of amides is 2. The van der Waals surface area contributed by atoms with E-state index in [1.807, 2.05) is 47.4 Å². The van der Waals surface area contributed by atoms with Crippen LogP contribution in [0.5, 0.6) is 0 Å². The molecule has 8 nitrogen and oxygen atoms in total. The fourth-order valence-electron chi connectivity index (χ4n) is 5.29. The van der Waals surface area contributed by atoms with Crippen LogP contribution in [0.3, 0.4) is 0 Å². The largest absolute Gasteiger partial charge is 0.352 e. The number of hydrogen-bond acceptors (Lipinski definition) is 4. The molecule has 2 fully saturated rings. The van der Waals surface area contributed by atoms with Gasteiger partial charge in [-0.05, 0) is 61.4 Å². The van der Waals surface area contributed by atoms with Gasteiger partial charge >= 0.3 is 0 Å². The van der Waals surface area contributed by atoms with Crippen LogP contribution in [0.25, 0.3) is 0 Å². The highest BCUT2D eigenvalue weighted by Crippen LogP contribution is 2.30. The van der Waals surface area contributed by atoms with Gasteiger partial charge in [0.05, 0.1) is 5.92 Å². The number of carbonyl (C=O) groups excluding carboxylic acids is 2. The van der Waals surface area contributed by atoms with Crippen LogP contribution in [0.2, 0.25) is 0 Å². The zero-order valence-corrected chi connectivity index (χ0v) is 20.7. The predicted molar refractivity (Wildman–Crippen MR) is 134 cm³/mol. The lowest BCUT2D eigenvalue weighted by Crippen LogP contribution is -2.49. The molecule has 3 heterocycles. The Kier molecular flexibility index (Phi) is 6.91. The van der Waals surface area contributed by atoms with E-state index in [-0.39, 0.29) is 24.3 Å². The summed E-state index contributed by atoms with van der Waals surface area (Å²) in [5, 5.41) is 3.01. The predicted octanol–water partition coefficient (Wildman–Crippen LogP) is 2.56. The number of piperidine rings is 1. The van der Waals surface area contributed by atoms with Crippen LogP contribution >= 0.6 is 0 Å². The van der Waals surface area contributed by atoms with Gasteiger partial charge in [-0.15, -0.1) is 0 Å². The van der Waals surface area contributed by atoms with Crippen molar-refractivity contribution in [1.82, 2.24) is 13.9 Å². The molecule has 0 spiro atoms. The van der Waals surface area contributed by atoms with E-state index >= 15 is 0 Å². The molecule has 5 rings (SSSR count). The fraction of sp³-hybridized carbons (Fsp3) is 0.462. The molecule has 1 atom stereocenters. The Morgan fingerprint density at radius 3 is 2.43 bits per heavy atom. The molecule has 1 N–H and O–H groups in total. The second-order valence-electron chi connectivity index (χ2n) is 9.56. The molecular weight excluding hydrogens is 464 g/mol. The maximum absolute atomic E-state index is 12.9. The van der Waals surface area contributed by atoms with Crippen LogP contribution in [0.15, 0.2) is 48.5 Å². The van der Waals surface area contributed by atoms with E-state index in [0.29, 0.717) is 51.1 Å². The Morgan fingerprint density at radius 2 is 1.66 bits per heavy atom. The Bertz CT molecular complexity index is 1200. The molecule has 3 aliphatic heterocycles. The molecule has 0 radical (unpaired) electrons. The highest BCUT2D eigenvalue weighted by Gasteiger charge is 2.36.